The molecule has 10 aromatic rings. The summed E-state index contributed by atoms with van der Waals surface area (Å²) < 4.78 is 47.2. The van der Waals surface area contributed by atoms with E-state index < -0.39 is 6.04 Å². The highest BCUT2D eigenvalue weighted by Gasteiger charge is 2.16. The second-order valence-corrected chi connectivity index (χ2v) is 12.5. The predicted molar refractivity (Wildman–Crippen MR) is 209 cm³/mol. The topological polar surface area (TPSA) is 51.8 Å². The zero-order valence-corrected chi connectivity index (χ0v) is 27.1. The first-order chi connectivity index (χ1) is 27.3. The molecule has 8 aromatic carbocycles. The van der Waals surface area contributed by atoms with E-state index in [-0.39, 0.29) is 29.7 Å². The van der Waals surface area contributed by atoms with Crippen LogP contribution < -0.4 is 0 Å². The number of rotatable bonds is 5. The van der Waals surface area contributed by atoms with Crippen LogP contribution in [0, 0.1) is 0 Å². The largest absolute Gasteiger partial charge is 0.456 e. The minimum Gasteiger partial charge on any atom is -0.456 e. The van der Waals surface area contributed by atoms with Gasteiger partial charge in [0.25, 0.3) is 0 Å². The lowest BCUT2D eigenvalue weighted by atomic mass is 9.99. The molecule has 51 heavy (non-hydrogen) atoms. The Kier molecular flexibility index (Phi) is 5.66. The van der Waals surface area contributed by atoms with Gasteiger partial charge in [-0.05, 0) is 74.1 Å². The highest BCUT2D eigenvalue weighted by molar-refractivity contribution is 6.10. The summed E-state index contributed by atoms with van der Waals surface area (Å²) >= 11 is 0. The zero-order chi connectivity index (χ0) is 38.1. The molecule has 4 nitrogen and oxygen atoms in total. The second kappa shape index (κ2) is 11.9. The molecular formula is C47H29N3O. The minimum atomic E-state index is -0.406. The van der Waals surface area contributed by atoms with Gasteiger partial charge in [0.05, 0.1) is 6.85 Å². The Morgan fingerprint density at radius 2 is 0.824 bits per heavy atom. The Balaban J connectivity index is 1.04. The third-order valence-electron chi connectivity index (χ3n) is 9.39. The average Bonchev–Trinajstić information content (AvgIpc) is 3.60. The van der Waals surface area contributed by atoms with Gasteiger partial charge in [0.15, 0.2) is 17.5 Å². The van der Waals surface area contributed by atoms with E-state index in [1.807, 2.05) is 78.9 Å². The Bertz CT molecular complexity index is 3170. The smallest absolute Gasteiger partial charge is 0.164 e. The molecule has 10 rings (SSSR count). The van der Waals surface area contributed by atoms with Gasteiger partial charge in [-0.3, -0.25) is 0 Å². The Hall–Kier alpha value is -6.91. The van der Waals surface area contributed by atoms with Crippen molar-refractivity contribution >= 4 is 43.5 Å². The fraction of sp³-hybridized carbons (Fsp3) is 0. The molecule has 0 aliphatic rings. The molecule has 0 unspecified atom stereocenters. The molecule has 0 spiro atoms. The molecule has 0 saturated heterocycles. The normalized spacial score (nSPS) is 12.9. The summed E-state index contributed by atoms with van der Waals surface area (Å²) in [4.78, 5) is 15.0. The van der Waals surface area contributed by atoms with Crippen molar-refractivity contribution in [1.29, 1.82) is 0 Å². The summed E-state index contributed by atoms with van der Waals surface area (Å²) in [6, 6.07) is 46.8. The number of nitrogens with zero attached hydrogens (tertiary/aromatic N) is 3. The van der Waals surface area contributed by atoms with Gasteiger partial charge in [0.1, 0.15) is 11.2 Å². The van der Waals surface area contributed by atoms with E-state index >= 15 is 0 Å². The average molecular weight is 657 g/mol. The van der Waals surface area contributed by atoms with E-state index in [2.05, 4.69) is 54.6 Å². The Labute approximate surface area is 301 Å². The van der Waals surface area contributed by atoms with E-state index in [1.54, 1.807) is 12.1 Å². The van der Waals surface area contributed by atoms with Crippen molar-refractivity contribution in [2.45, 2.75) is 0 Å². The minimum absolute atomic E-state index is 0.179. The van der Waals surface area contributed by atoms with Crippen LogP contribution in [0.25, 0.3) is 99.9 Å². The molecule has 0 saturated carbocycles. The lowest BCUT2D eigenvalue weighted by molar-refractivity contribution is 0.669. The summed E-state index contributed by atoms with van der Waals surface area (Å²) in [5.74, 6) is 1.61. The first-order valence-corrected chi connectivity index (χ1v) is 16.7. The molecule has 0 N–H and O–H groups in total. The molecule has 2 heterocycles. The molecule has 0 atom stereocenters. The third-order valence-corrected chi connectivity index (χ3v) is 9.39. The van der Waals surface area contributed by atoms with Crippen molar-refractivity contribution in [3.63, 3.8) is 0 Å². The molecule has 238 valence electrons. The summed E-state index contributed by atoms with van der Waals surface area (Å²) in [6.45, 7) is 0. The van der Waals surface area contributed by atoms with Crippen molar-refractivity contribution in [2.75, 3.05) is 0 Å². The number of aromatic nitrogens is 3. The maximum atomic E-state index is 8.36. The second-order valence-electron chi connectivity index (χ2n) is 12.5. The monoisotopic (exact) mass is 656 g/mol. The summed E-state index contributed by atoms with van der Waals surface area (Å²) in [5.41, 5.74) is 6.66. The predicted octanol–water partition coefficient (Wildman–Crippen LogP) is 12.4. The summed E-state index contributed by atoms with van der Waals surface area (Å²) in [6.07, 6.45) is 0. The van der Waals surface area contributed by atoms with Gasteiger partial charge in [-0.25, -0.2) is 15.0 Å². The Morgan fingerprint density at radius 3 is 1.49 bits per heavy atom. The van der Waals surface area contributed by atoms with Crippen molar-refractivity contribution in [1.82, 2.24) is 15.0 Å². The quantitative estimate of drug-likeness (QED) is 0.185. The van der Waals surface area contributed by atoms with E-state index in [9.17, 15) is 0 Å². The number of fused-ring (bicyclic) bond motifs is 5. The van der Waals surface area contributed by atoms with Gasteiger partial charge in [0.2, 0.25) is 0 Å². The number of hydrogen-bond donors (Lipinski definition) is 0. The zero-order valence-electron chi connectivity index (χ0n) is 32.1. The van der Waals surface area contributed by atoms with Gasteiger partial charge >= 0.3 is 0 Å². The van der Waals surface area contributed by atoms with Crippen LogP contribution in [0.2, 0.25) is 0 Å². The summed E-state index contributed by atoms with van der Waals surface area (Å²) in [7, 11) is 0. The van der Waals surface area contributed by atoms with Gasteiger partial charge in [-0.2, -0.15) is 0 Å². The number of furan rings is 1. The molecule has 0 radical (unpaired) electrons. The van der Waals surface area contributed by atoms with Crippen LogP contribution >= 0.6 is 0 Å². The molecule has 0 amide bonds. The van der Waals surface area contributed by atoms with Crippen molar-refractivity contribution in [3.8, 4) is 56.4 Å². The van der Waals surface area contributed by atoms with E-state index in [0.29, 0.717) is 23.0 Å². The van der Waals surface area contributed by atoms with Crippen molar-refractivity contribution < 1.29 is 11.3 Å². The molecule has 0 bridgehead atoms. The van der Waals surface area contributed by atoms with Crippen LogP contribution in [0.5, 0.6) is 0 Å². The lowest BCUT2D eigenvalue weighted by Gasteiger charge is -2.10. The molecule has 0 aliphatic carbocycles. The van der Waals surface area contributed by atoms with Crippen LogP contribution in [-0.2, 0) is 0 Å². The molecule has 2 aromatic heterocycles. The molecule has 4 heteroatoms. The van der Waals surface area contributed by atoms with Crippen LogP contribution in [0.4, 0.5) is 0 Å². The first kappa shape index (κ1) is 24.3. The van der Waals surface area contributed by atoms with Gasteiger partial charge in [-0.15, -0.1) is 0 Å². The number of hydrogen-bond acceptors (Lipinski definition) is 4. The standard InChI is InChI=1S/C47H29N3O/c1-2-8-30(9-3-1)32-14-16-33(17-15-32)34-18-21-35(22-19-34)45-48-46(39-23-20-31-10-4-5-11-36(31)26-39)50-47(49-45)40-24-25-41-42-27-37-12-6-7-13-38(37)28-44(42)51-43(41)29-40/h1-29H/i1D,2D,3D,8D,9D. The van der Waals surface area contributed by atoms with Crippen LogP contribution in [0.3, 0.4) is 0 Å². The first-order valence-electron chi connectivity index (χ1n) is 19.2. The summed E-state index contributed by atoms with van der Waals surface area (Å²) in [5, 5.41) is 6.58. The fourth-order valence-corrected chi connectivity index (χ4v) is 6.73. The van der Waals surface area contributed by atoms with Gasteiger partial charge in [0, 0.05) is 27.5 Å². The molecule has 0 aliphatic heterocycles. The van der Waals surface area contributed by atoms with Crippen molar-refractivity contribution in [2.24, 2.45) is 0 Å². The van der Waals surface area contributed by atoms with Crippen LogP contribution in [0.15, 0.2) is 180 Å². The Morgan fingerprint density at radius 1 is 0.353 bits per heavy atom. The number of benzene rings is 8. The van der Waals surface area contributed by atoms with E-state index in [0.717, 1.165) is 71.3 Å². The SMILES string of the molecule is [2H]c1c([2H])c([2H])c(-c2ccc(-c3ccc(-c4nc(-c5ccc6ccccc6c5)nc(-c5ccc6c(c5)oc5cc7ccccc7cc56)n4)cc3)cc2)c([2H])c1[2H]. The maximum Gasteiger partial charge on any atom is 0.164 e. The van der Waals surface area contributed by atoms with Gasteiger partial charge in [-0.1, -0.05) is 145 Å². The third kappa shape index (κ3) is 5.31. The van der Waals surface area contributed by atoms with Crippen LogP contribution in [-0.4, -0.2) is 15.0 Å². The highest BCUT2D eigenvalue weighted by atomic mass is 16.3. The lowest BCUT2D eigenvalue weighted by Crippen LogP contribution is -2.00. The van der Waals surface area contributed by atoms with Crippen LogP contribution in [0.1, 0.15) is 6.85 Å². The fourth-order valence-electron chi connectivity index (χ4n) is 6.73. The molecular weight excluding hydrogens is 623 g/mol. The maximum absolute atomic E-state index is 8.36. The molecule has 0 fully saturated rings. The van der Waals surface area contributed by atoms with Crippen molar-refractivity contribution in [3.05, 3.63) is 176 Å². The van der Waals surface area contributed by atoms with E-state index in [1.165, 1.54) is 0 Å². The highest BCUT2D eigenvalue weighted by Crippen LogP contribution is 2.35. The van der Waals surface area contributed by atoms with Gasteiger partial charge < -0.3 is 4.42 Å². The van der Waals surface area contributed by atoms with E-state index in [4.69, 9.17) is 26.2 Å².